The summed E-state index contributed by atoms with van der Waals surface area (Å²) in [5.74, 6) is -0.000692. The molecule has 1 rings (SSSR count). The quantitative estimate of drug-likeness (QED) is 0.848. The highest BCUT2D eigenvalue weighted by Gasteiger charge is 2.19. The van der Waals surface area contributed by atoms with Crippen LogP contribution in [0.1, 0.15) is 18.9 Å². The maximum absolute atomic E-state index is 11.7. The number of nitrogens with one attached hydrogen (secondary N) is 1. The molecule has 0 aliphatic rings. The Balaban J connectivity index is 2.70. The molecule has 0 spiro atoms. The lowest BCUT2D eigenvalue weighted by Gasteiger charge is -2.16. The summed E-state index contributed by atoms with van der Waals surface area (Å²) in [6, 6.07) is 9.05. The minimum absolute atomic E-state index is 0.000692. The van der Waals surface area contributed by atoms with E-state index in [1.54, 1.807) is 6.92 Å². The van der Waals surface area contributed by atoms with E-state index in [-0.39, 0.29) is 5.78 Å². The van der Waals surface area contributed by atoms with Gasteiger partial charge in [0.1, 0.15) is 0 Å². The Bertz CT molecular complexity index is 376. The van der Waals surface area contributed by atoms with E-state index in [0.29, 0.717) is 12.8 Å². The molecular formula is C13H17NO3. The minimum Gasteiger partial charge on any atom is -0.453 e. The van der Waals surface area contributed by atoms with E-state index in [9.17, 15) is 9.59 Å². The molecule has 1 aromatic rings. The van der Waals surface area contributed by atoms with Crippen LogP contribution in [-0.2, 0) is 16.0 Å². The lowest BCUT2D eigenvalue weighted by atomic mass is 10.0. The van der Waals surface area contributed by atoms with Gasteiger partial charge in [0.05, 0.1) is 13.2 Å². The smallest absolute Gasteiger partial charge is 0.407 e. The maximum atomic E-state index is 11.7. The van der Waals surface area contributed by atoms with E-state index in [1.807, 2.05) is 30.3 Å². The molecule has 0 aliphatic heterocycles. The SMILES string of the molecule is CCC(=O)[C@H](Cc1ccccc1)NC(=O)OC. The van der Waals surface area contributed by atoms with Gasteiger partial charge in [-0.15, -0.1) is 0 Å². The molecule has 1 amide bonds. The molecule has 1 atom stereocenters. The molecule has 4 heteroatoms. The Morgan fingerprint density at radius 1 is 1.29 bits per heavy atom. The summed E-state index contributed by atoms with van der Waals surface area (Å²) >= 11 is 0. The molecular weight excluding hydrogens is 218 g/mol. The van der Waals surface area contributed by atoms with E-state index in [2.05, 4.69) is 10.1 Å². The zero-order chi connectivity index (χ0) is 12.7. The zero-order valence-corrected chi connectivity index (χ0v) is 10.1. The number of alkyl carbamates (subject to hydrolysis) is 1. The summed E-state index contributed by atoms with van der Waals surface area (Å²) in [7, 11) is 1.28. The number of carbonyl (C=O) groups is 2. The topological polar surface area (TPSA) is 55.4 Å². The van der Waals surface area contributed by atoms with Crippen molar-refractivity contribution in [3.8, 4) is 0 Å². The molecule has 1 N–H and O–H groups in total. The molecule has 1 aromatic carbocycles. The molecule has 0 saturated carbocycles. The largest absolute Gasteiger partial charge is 0.453 e. The van der Waals surface area contributed by atoms with Gasteiger partial charge in [-0.2, -0.15) is 0 Å². The first-order chi connectivity index (χ1) is 8.17. The second-order valence-corrected chi connectivity index (χ2v) is 3.70. The fourth-order valence-electron chi connectivity index (χ4n) is 1.54. The van der Waals surface area contributed by atoms with Crippen LogP contribution in [0.5, 0.6) is 0 Å². The van der Waals surface area contributed by atoms with E-state index >= 15 is 0 Å². The molecule has 0 fully saturated rings. The highest BCUT2D eigenvalue weighted by atomic mass is 16.5. The molecule has 0 bridgehead atoms. The average Bonchev–Trinajstić information content (AvgIpc) is 2.38. The van der Waals surface area contributed by atoms with Crippen molar-refractivity contribution in [3.05, 3.63) is 35.9 Å². The van der Waals surface area contributed by atoms with Crippen molar-refractivity contribution in [1.82, 2.24) is 5.32 Å². The number of benzene rings is 1. The third-order valence-corrected chi connectivity index (χ3v) is 2.50. The molecule has 0 unspecified atom stereocenters. The summed E-state index contributed by atoms with van der Waals surface area (Å²) in [5.41, 5.74) is 1.01. The Morgan fingerprint density at radius 2 is 1.94 bits per heavy atom. The second-order valence-electron chi connectivity index (χ2n) is 3.70. The van der Waals surface area contributed by atoms with E-state index < -0.39 is 12.1 Å². The summed E-state index contributed by atoms with van der Waals surface area (Å²) < 4.78 is 4.51. The summed E-state index contributed by atoms with van der Waals surface area (Å²) in [6.45, 7) is 1.78. The third-order valence-electron chi connectivity index (χ3n) is 2.50. The predicted molar refractivity (Wildman–Crippen MR) is 64.8 cm³/mol. The number of amides is 1. The number of ketones is 1. The minimum atomic E-state index is -0.576. The molecule has 0 aliphatic carbocycles. The van der Waals surface area contributed by atoms with Crippen LogP contribution in [0.4, 0.5) is 4.79 Å². The number of Topliss-reactive ketones (excluding diaryl/α,β-unsaturated/α-hetero) is 1. The van der Waals surface area contributed by atoms with Crippen molar-refractivity contribution in [1.29, 1.82) is 0 Å². The van der Waals surface area contributed by atoms with Crippen LogP contribution in [0.3, 0.4) is 0 Å². The number of carbonyl (C=O) groups excluding carboxylic acids is 2. The van der Waals surface area contributed by atoms with E-state index in [0.717, 1.165) is 5.56 Å². The van der Waals surface area contributed by atoms with Crippen LogP contribution in [0.2, 0.25) is 0 Å². The van der Waals surface area contributed by atoms with Gasteiger partial charge >= 0.3 is 6.09 Å². The summed E-state index contributed by atoms with van der Waals surface area (Å²) in [6.07, 6.45) is 0.303. The van der Waals surface area contributed by atoms with Crippen LogP contribution >= 0.6 is 0 Å². The van der Waals surface area contributed by atoms with Gasteiger partial charge in [0, 0.05) is 6.42 Å². The Hall–Kier alpha value is -1.84. The van der Waals surface area contributed by atoms with Crippen LogP contribution in [-0.4, -0.2) is 25.0 Å². The Morgan fingerprint density at radius 3 is 2.47 bits per heavy atom. The monoisotopic (exact) mass is 235 g/mol. The fraction of sp³-hybridized carbons (Fsp3) is 0.385. The van der Waals surface area contributed by atoms with E-state index in [1.165, 1.54) is 7.11 Å². The number of rotatable bonds is 5. The average molecular weight is 235 g/mol. The van der Waals surface area contributed by atoms with Gasteiger partial charge in [0.15, 0.2) is 5.78 Å². The van der Waals surface area contributed by atoms with Gasteiger partial charge in [-0.25, -0.2) is 4.79 Å². The number of ether oxygens (including phenoxy) is 1. The first kappa shape index (κ1) is 13.2. The first-order valence-electron chi connectivity index (χ1n) is 5.58. The molecule has 0 heterocycles. The van der Waals surface area contributed by atoms with Gasteiger partial charge < -0.3 is 10.1 Å². The Labute approximate surface area is 101 Å². The highest BCUT2D eigenvalue weighted by Crippen LogP contribution is 2.05. The number of methoxy groups -OCH3 is 1. The van der Waals surface area contributed by atoms with Crippen molar-refractivity contribution in [2.45, 2.75) is 25.8 Å². The first-order valence-corrected chi connectivity index (χ1v) is 5.58. The van der Waals surface area contributed by atoms with Crippen molar-refractivity contribution < 1.29 is 14.3 Å². The van der Waals surface area contributed by atoms with Gasteiger partial charge in [-0.3, -0.25) is 4.79 Å². The van der Waals surface area contributed by atoms with Crippen LogP contribution in [0, 0.1) is 0 Å². The lowest BCUT2D eigenvalue weighted by molar-refractivity contribution is -0.120. The molecule has 0 aromatic heterocycles. The van der Waals surface area contributed by atoms with Gasteiger partial charge in [-0.05, 0) is 12.0 Å². The second kappa shape index (κ2) is 6.68. The standard InChI is InChI=1S/C13H17NO3/c1-3-12(15)11(14-13(16)17-2)9-10-7-5-4-6-8-10/h4-8,11H,3,9H2,1-2H3,(H,14,16)/t11-/m0/s1. The van der Waals surface area contributed by atoms with Crippen molar-refractivity contribution >= 4 is 11.9 Å². The molecule has 17 heavy (non-hydrogen) atoms. The van der Waals surface area contributed by atoms with Gasteiger partial charge in [-0.1, -0.05) is 37.3 Å². The van der Waals surface area contributed by atoms with Crippen LogP contribution in [0.25, 0.3) is 0 Å². The number of hydrogen-bond acceptors (Lipinski definition) is 3. The van der Waals surface area contributed by atoms with E-state index in [4.69, 9.17) is 0 Å². The molecule has 0 saturated heterocycles. The van der Waals surface area contributed by atoms with Crippen molar-refractivity contribution in [3.63, 3.8) is 0 Å². The van der Waals surface area contributed by atoms with Crippen molar-refractivity contribution in [2.24, 2.45) is 0 Å². The Kier molecular flexibility index (Phi) is 5.20. The molecule has 92 valence electrons. The van der Waals surface area contributed by atoms with Gasteiger partial charge in [0.25, 0.3) is 0 Å². The molecule has 4 nitrogen and oxygen atoms in total. The number of hydrogen-bond donors (Lipinski definition) is 1. The van der Waals surface area contributed by atoms with Crippen molar-refractivity contribution in [2.75, 3.05) is 7.11 Å². The fourth-order valence-corrected chi connectivity index (χ4v) is 1.54. The summed E-state index contributed by atoms with van der Waals surface area (Å²) in [5, 5.41) is 2.56. The maximum Gasteiger partial charge on any atom is 0.407 e. The summed E-state index contributed by atoms with van der Waals surface area (Å²) in [4.78, 5) is 22.8. The zero-order valence-electron chi connectivity index (χ0n) is 10.1. The lowest BCUT2D eigenvalue weighted by Crippen LogP contribution is -2.42. The van der Waals surface area contributed by atoms with Crippen LogP contribution < -0.4 is 5.32 Å². The normalized spacial score (nSPS) is 11.6. The highest BCUT2D eigenvalue weighted by molar-refractivity contribution is 5.87. The predicted octanol–water partition coefficient (Wildman–Crippen LogP) is 1.93. The third kappa shape index (κ3) is 4.26. The molecule has 0 radical (unpaired) electrons. The van der Waals surface area contributed by atoms with Gasteiger partial charge in [0.2, 0.25) is 0 Å². The van der Waals surface area contributed by atoms with Crippen LogP contribution in [0.15, 0.2) is 30.3 Å².